The van der Waals surface area contributed by atoms with E-state index >= 15 is 0 Å². The maximum atomic E-state index is 10.9. The first-order chi connectivity index (χ1) is 7.79. The van der Waals surface area contributed by atoms with Crippen LogP contribution in [0.15, 0.2) is 0 Å². The third kappa shape index (κ3) is 3.46. The minimum Gasteiger partial charge on any atom is -0.469 e. The fraction of sp³-hybridized carbons (Fsp3) is 0.917. The number of esters is 1. The van der Waals surface area contributed by atoms with Gasteiger partial charge >= 0.3 is 5.97 Å². The second-order valence-electron chi connectivity index (χ2n) is 4.85. The van der Waals surface area contributed by atoms with E-state index in [1.165, 1.54) is 39.5 Å². The molecule has 1 saturated heterocycles. The van der Waals surface area contributed by atoms with Crippen molar-refractivity contribution in [2.75, 3.05) is 26.7 Å². The second-order valence-corrected chi connectivity index (χ2v) is 4.85. The fourth-order valence-electron chi connectivity index (χ4n) is 2.37. The molecule has 1 aliphatic heterocycles. The molecule has 0 bridgehead atoms. The van der Waals surface area contributed by atoms with Crippen LogP contribution in [0.4, 0.5) is 0 Å². The van der Waals surface area contributed by atoms with Crippen molar-refractivity contribution in [3.63, 3.8) is 0 Å². The van der Waals surface area contributed by atoms with Gasteiger partial charge in [-0.3, -0.25) is 9.69 Å². The van der Waals surface area contributed by atoms with E-state index in [-0.39, 0.29) is 5.97 Å². The Hall–Kier alpha value is -0.610. The molecule has 4 heteroatoms. The molecule has 0 aromatic carbocycles. The molecule has 2 aliphatic rings. The molecular weight excluding hydrogens is 204 g/mol. The van der Waals surface area contributed by atoms with E-state index in [2.05, 4.69) is 15.0 Å². The summed E-state index contributed by atoms with van der Waals surface area (Å²) >= 11 is 0. The van der Waals surface area contributed by atoms with Crippen LogP contribution in [0.25, 0.3) is 0 Å². The van der Waals surface area contributed by atoms with Gasteiger partial charge in [-0.2, -0.15) is 0 Å². The monoisotopic (exact) mass is 226 g/mol. The summed E-state index contributed by atoms with van der Waals surface area (Å²) in [4.78, 5) is 13.5. The van der Waals surface area contributed by atoms with Crippen LogP contribution in [0.3, 0.4) is 0 Å². The number of nitrogens with one attached hydrogen (secondary N) is 1. The average molecular weight is 226 g/mol. The highest BCUT2D eigenvalue weighted by Gasteiger charge is 2.33. The van der Waals surface area contributed by atoms with E-state index in [1.54, 1.807) is 0 Å². The average Bonchev–Trinajstić information content (AvgIpc) is 3.05. The zero-order chi connectivity index (χ0) is 11.4. The van der Waals surface area contributed by atoms with Gasteiger partial charge in [0.25, 0.3) is 0 Å². The molecule has 0 aromatic heterocycles. The van der Waals surface area contributed by atoms with Gasteiger partial charge in [0.15, 0.2) is 0 Å². The second kappa shape index (κ2) is 5.64. The third-order valence-corrected chi connectivity index (χ3v) is 3.50. The largest absolute Gasteiger partial charge is 0.469 e. The number of methoxy groups -OCH3 is 1. The predicted octanol–water partition coefficient (Wildman–Crippen LogP) is 0.766. The van der Waals surface area contributed by atoms with Crippen LogP contribution >= 0.6 is 0 Å². The van der Waals surface area contributed by atoms with Crippen molar-refractivity contribution in [1.82, 2.24) is 10.2 Å². The predicted molar refractivity (Wildman–Crippen MR) is 62.3 cm³/mol. The lowest BCUT2D eigenvalue weighted by molar-refractivity contribution is -0.140. The highest BCUT2D eigenvalue weighted by molar-refractivity contribution is 5.69. The fourth-order valence-corrected chi connectivity index (χ4v) is 2.37. The number of hydrogen-bond donors (Lipinski definition) is 1. The van der Waals surface area contributed by atoms with E-state index < -0.39 is 0 Å². The number of carbonyl (C=O) groups is 1. The molecule has 2 rings (SSSR count). The summed E-state index contributed by atoms with van der Waals surface area (Å²) in [6.07, 6.45) is 5.47. The Balaban J connectivity index is 1.52. The lowest BCUT2D eigenvalue weighted by Crippen LogP contribution is -2.34. The summed E-state index contributed by atoms with van der Waals surface area (Å²) in [5.74, 6) is -0.104. The maximum Gasteiger partial charge on any atom is 0.305 e. The Morgan fingerprint density at radius 3 is 2.94 bits per heavy atom. The molecule has 0 radical (unpaired) electrons. The minimum absolute atomic E-state index is 0.104. The van der Waals surface area contributed by atoms with Crippen LogP contribution in [-0.4, -0.2) is 49.7 Å². The van der Waals surface area contributed by atoms with E-state index in [0.717, 1.165) is 19.0 Å². The molecular formula is C12H22N2O2. The highest BCUT2D eigenvalue weighted by atomic mass is 16.5. The lowest BCUT2D eigenvalue weighted by atomic mass is 10.2. The van der Waals surface area contributed by atoms with Gasteiger partial charge < -0.3 is 10.1 Å². The van der Waals surface area contributed by atoms with Crippen LogP contribution in [-0.2, 0) is 9.53 Å². The Bertz CT molecular complexity index is 241. The van der Waals surface area contributed by atoms with Crippen LogP contribution in [0, 0.1) is 0 Å². The highest BCUT2D eigenvalue weighted by Crippen LogP contribution is 2.29. The smallest absolute Gasteiger partial charge is 0.305 e. The maximum absolute atomic E-state index is 10.9. The third-order valence-electron chi connectivity index (χ3n) is 3.50. The minimum atomic E-state index is -0.104. The van der Waals surface area contributed by atoms with Gasteiger partial charge in [-0.05, 0) is 32.2 Å². The quantitative estimate of drug-likeness (QED) is 0.536. The summed E-state index contributed by atoms with van der Waals surface area (Å²) in [7, 11) is 1.44. The Morgan fingerprint density at radius 2 is 2.25 bits per heavy atom. The van der Waals surface area contributed by atoms with Crippen molar-refractivity contribution in [3.05, 3.63) is 0 Å². The van der Waals surface area contributed by atoms with Gasteiger partial charge in [-0.25, -0.2) is 0 Å². The standard InChI is InChI=1S/C12H22N2O2/c1-16-12(15)3-2-7-13-10-6-8-14(9-10)11-4-5-11/h10-11,13H,2-9H2,1H3. The number of hydrogen-bond acceptors (Lipinski definition) is 4. The van der Waals surface area contributed by atoms with Crippen molar-refractivity contribution in [3.8, 4) is 0 Å². The van der Waals surface area contributed by atoms with Crippen molar-refractivity contribution in [1.29, 1.82) is 0 Å². The molecule has 1 N–H and O–H groups in total. The zero-order valence-corrected chi connectivity index (χ0v) is 10.1. The van der Waals surface area contributed by atoms with Crippen LogP contribution in [0.2, 0.25) is 0 Å². The number of likely N-dealkylation sites (tertiary alicyclic amines) is 1. The molecule has 0 amide bonds. The Morgan fingerprint density at radius 1 is 1.44 bits per heavy atom. The SMILES string of the molecule is COC(=O)CCCNC1CCN(C2CC2)C1. The molecule has 4 nitrogen and oxygen atoms in total. The number of ether oxygens (including phenoxy) is 1. The Labute approximate surface area is 97.3 Å². The van der Waals surface area contributed by atoms with E-state index in [0.29, 0.717) is 12.5 Å². The van der Waals surface area contributed by atoms with Crippen molar-refractivity contribution in [2.45, 2.75) is 44.2 Å². The van der Waals surface area contributed by atoms with Crippen LogP contribution < -0.4 is 5.32 Å². The summed E-state index contributed by atoms with van der Waals surface area (Å²) in [6.45, 7) is 3.38. The van der Waals surface area contributed by atoms with Gasteiger partial charge in [0.2, 0.25) is 0 Å². The number of rotatable bonds is 6. The molecule has 0 aromatic rings. The van der Waals surface area contributed by atoms with Crippen molar-refractivity contribution in [2.24, 2.45) is 0 Å². The molecule has 16 heavy (non-hydrogen) atoms. The molecule has 1 aliphatic carbocycles. The molecule has 1 unspecified atom stereocenters. The number of nitrogens with zero attached hydrogens (tertiary/aromatic N) is 1. The summed E-state index contributed by atoms with van der Waals surface area (Å²) in [5.41, 5.74) is 0. The van der Waals surface area contributed by atoms with Gasteiger partial charge in [0.1, 0.15) is 0 Å². The summed E-state index contributed by atoms with van der Waals surface area (Å²) in [5, 5.41) is 3.52. The van der Waals surface area contributed by atoms with Gasteiger partial charge in [0.05, 0.1) is 7.11 Å². The van der Waals surface area contributed by atoms with Gasteiger partial charge in [-0.15, -0.1) is 0 Å². The van der Waals surface area contributed by atoms with E-state index in [4.69, 9.17) is 0 Å². The first kappa shape index (κ1) is 11.9. The molecule has 1 atom stereocenters. The molecule has 1 saturated carbocycles. The molecule has 0 spiro atoms. The molecule has 1 heterocycles. The van der Waals surface area contributed by atoms with Crippen LogP contribution in [0.5, 0.6) is 0 Å². The van der Waals surface area contributed by atoms with Crippen molar-refractivity contribution >= 4 is 5.97 Å². The first-order valence-electron chi connectivity index (χ1n) is 6.34. The molecule has 2 fully saturated rings. The van der Waals surface area contributed by atoms with E-state index in [1.807, 2.05) is 0 Å². The topological polar surface area (TPSA) is 41.6 Å². The first-order valence-corrected chi connectivity index (χ1v) is 6.34. The van der Waals surface area contributed by atoms with Crippen LogP contribution in [0.1, 0.15) is 32.1 Å². The van der Waals surface area contributed by atoms with Gasteiger partial charge in [0, 0.05) is 31.6 Å². The van der Waals surface area contributed by atoms with Gasteiger partial charge in [-0.1, -0.05) is 0 Å². The van der Waals surface area contributed by atoms with E-state index in [9.17, 15) is 4.79 Å². The normalized spacial score (nSPS) is 25.9. The summed E-state index contributed by atoms with van der Waals surface area (Å²) in [6, 6.07) is 1.53. The zero-order valence-electron chi connectivity index (χ0n) is 10.1. The lowest BCUT2D eigenvalue weighted by Gasteiger charge is -2.15. The Kier molecular flexibility index (Phi) is 4.18. The summed E-state index contributed by atoms with van der Waals surface area (Å²) < 4.78 is 4.60. The number of carbonyl (C=O) groups excluding carboxylic acids is 1. The van der Waals surface area contributed by atoms with Crippen molar-refractivity contribution < 1.29 is 9.53 Å². The molecule has 92 valence electrons.